The lowest BCUT2D eigenvalue weighted by Gasteiger charge is -2.12. The summed E-state index contributed by atoms with van der Waals surface area (Å²) >= 11 is 6.13. The van der Waals surface area contributed by atoms with Gasteiger partial charge in [0.15, 0.2) is 0 Å². The predicted octanol–water partition coefficient (Wildman–Crippen LogP) is 2.76. The summed E-state index contributed by atoms with van der Waals surface area (Å²) in [6.07, 6.45) is 0.842. The molecule has 0 saturated heterocycles. The molecule has 0 aromatic heterocycles. The van der Waals surface area contributed by atoms with Gasteiger partial charge in [-0.3, -0.25) is 0 Å². The lowest BCUT2D eigenvalue weighted by Crippen LogP contribution is -2.21. The number of hydrogen-bond acceptors (Lipinski definition) is 2. The average Bonchev–Trinajstić information content (AvgIpc) is 2.22. The third-order valence-electron chi connectivity index (χ3n) is 2.64. The van der Waals surface area contributed by atoms with E-state index < -0.39 is 0 Å². The Morgan fingerprint density at radius 3 is 2.81 bits per heavy atom. The van der Waals surface area contributed by atoms with Crippen molar-refractivity contribution in [1.82, 2.24) is 5.32 Å². The smallest absolute Gasteiger partial charge is 0.0453 e. The molecule has 0 aliphatic carbocycles. The first-order valence-corrected chi connectivity index (χ1v) is 6.08. The molecule has 90 valence electrons. The Bertz CT molecular complexity index is 328. The van der Waals surface area contributed by atoms with Crippen molar-refractivity contribution in [2.24, 2.45) is 5.92 Å². The van der Waals surface area contributed by atoms with Gasteiger partial charge in [0.1, 0.15) is 0 Å². The normalized spacial score (nSPS) is 12.8. The SMILES string of the molecule is Cc1ccc(CNCC(C)CCO)c(Cl)c1. The minimum atomic E-state index is 0.258. The molecule has 0 saturated carbocycles. The van der Waals surface area contributed by atoms with Gasteiger partial charge >= 0.3 is 0 Å². The standard InChI is InChI=1S/C13H20ClNO/c1-10-3-4-12(13(14)7-10)9-15-8-11(2)5-6-16/h3-4,7,11,15-16H,5-6,8-9H2,1-2H3. The summed E-state index contributed by atoms with van der Waals surface area (Å²) in [5.41, 5.74) is 2.31. The lowest BCUT2D eigenvalue weighted by molar-refractivity contribution is 0.260. The minimum absolute atomic E-state index is 0.258. The van der Waals surface area contributed by atoms with Gasteiger partial charge in [-0.2, -0.15) is 0 Å². The summed E-state index contributed by atoms with van der Waals surface area (Å²) in [7, 11) is 0. The Balaban J connectivity index is 2.37. The van der Waals surface area contributed by atoms with Gasteiger partial charge in [0, 0.05) is 18.2 Å². The Kier molecular flexibility index (Phi) is 5.81. The summed E-state index contributed by atoms with van der Waals surface area (Å²) < 4.78 is 0. The van der Waals surface area contributed by atoms with E-state index in [-0.39, 0.29) is 6.61 Å². The van der Waals surface area contributed by atoms with Crippen LogP contribution in [0, 0.1) is 12.8 Å². The Hall–Kier alpha value is -0.570. The van der Waals surface area contributed by atoms with Gasteiger partial charge in [0.2, 0.25) is 0 Å². The van der Waals surface area contributed by atoms with Crippen LogP contribution in [0.1, 0.15) is 24.5 Å². The molecule has 0 amide bonds. The number of aryl methyl sites for hydroxylation is 1. The van der Waals surface area contributed by atoms with Gasteiger partial charge in [-0.1, -0.05) is 30.7 Å². The van der Waals surface area contributed by atoms with Crippen molar-refractivity contribution in [3.63, 3.8) is 0 Å². The fraction of sp³-hybridized carbons (Fsp3) is 0.538. The van der Waals surface area contributed by atoms with Crippen LogP contribution >= 0.6 is 11.6 Å². The monoisotopic (exact) mass is 241 g/mol. The van der Waals surface area contributed by atoms with Crippen LogP contribution in [0.2, 0.25) is 5.02 Å². The first kappa shape index (κ1) is 13.5. The molecule has 1 aromatic carbocycles. The molecule has 0 fully saturated rings. The minimum Gasteiger partial charge on any atom is -0.396 e. The molecule has 1 atom stereocenters. The largest absolute Gasteiger partial charge is 0.396 e. The molecule has 0 bridgehead atoms. The highest BCUT2D eigenvalue weighted by Gasteiger charge is 2.03. The maximum absolute atomic E-state index is 8.78. The average molecular weight is 242 g/mol. The van der Waals surface area contributed by atoms with Crippen LogP contribution < -0.4 is 5.32 Å². The second kappa shape index (κ2) is 6.89. The summed E-state index contributed by atoms with van der Waals surface area (Å²) in [5.74, 6) is 0.495. The summed E-state index contributed by atoms with van der Waals surface area (Å²) in [6.45, 7) is 6.11. The van der Waals surface area contributed by atoms with E-state index >= 15 is 0 Å². The van der Waals surface area contributed by atoms with E-state index in [9.17, 15) is 0 Å². The highest BCUT2D eigenvalue weighted by molar-refractivity contribution is 6.31. The number of nitrogens with one attached hydrogen (secondary N) is 1. The molecule has 0 radical (unpaired) electrons. The van der Waals surface area contributed by atoms with E-state index in [1.807, 2.05) is 13.0 Å². The van der Waals surface area contributed by atoms with E-state index in [1.165, 1.54) is 5.56 Å². The molecule has 3 heteroatoms. The third kappa shape index (κ3) is 4.52. The first-order valence-electron chi connectivity index (χ1n) is 5.70. The van der Waals surface area contributed by atoms with E-state index in [1.54, 1.807) is 0 Å². The van der Waals surface area contributed by atoms with E-state index in [0.29, 0.717) is 5.92 Å². The predicted molar refractivity (Wildman–Crippen MR) is 68.8 cm³/mol. The Morgan fingerprint density at radius 2 is 2.19 bits per heavy atom. The van der Waals surface area contributed by atoms with Crippen LogP contribution in [0.5, 0.6) is 0 Å². The lowest BCUT2D eigenvalue weighted by atomic mass is 10.1. The molecule has 2 nitrogen and oxygen atoms in total. The van der Waals surface area contributed by atoms with Crippen molar-refractivity contribution < 1.29 is 5.11 Å². The molecule has 1 unspecified atom stereocenters. The molecule has 0 aliphatic heterocycles. The number of halogens is 1. The Morgan fingerprint density at radius 1 is 1.44 bits per heavy atom. The number of benzene rings is 1. The molecule has 1 rings (SSSR count). The second-order valence-corrected chi connectivity index (χ2v) is 4.75. The number of rotatable bonds is 6. The fourth-order valence-electron chi connectivity index (χ4n) is 1.57. The number of hydrogen-bond donors (Lipinski definition) is 2. The van der Waals surface area contributed by atoms with Gasteiger partial charge in [-0.15, -0.1) is 0 Å². The zero-order valence-corrected chi connectivity index (χ0v) is 10.7. The van der Waals surface area contributed by atoms with Gasteiger partial charge in [-0.05, 0) is 43.0 Å². The van der Waals surface area contributed by atoms with E-state index in [4.69, 9.17) is 16.7 Å². The molecular weight excluding hydrogens is 222 g/mol. The quantitative estimate of drug-likeness (QED) is 0.803. The zero-order chi connectivity index (χ0) is 12.0. The highest BCUT2D eigenvalue weighted by atomic mass is 35.5. The highest BCUT2D eigenvalue weighted by Crippen LogP contribution is 2.17. The Labute approximate surface area is 103 Å². The number of aliphatic hydroxyl groups excluding tert-OH is 1. The topological polar surface area (TPSA) is 32.3 Å². The summed E-state index contributed by atoms with van der Waals surface area (Å²) in [6, 6.07) is 6.11. The number of aliphatic hydroxyl groups is 1. The van der Waals surface area contributed by atoms with Crippen molar-refractivity contribution in [3.8, 4) is 0 Å². The van der Waals surface area contributed by atoms with Crippen molar-refractivity contribution >= 4 is 11.6 Å². The molecular formula is C13H20ClNO. The van der Waals surface area contributed by atoms with Crippen molar-refractivity contribution in [3.05, 3.63) is 34.3 Å². The van der Waals surface area contributed by atoms with Crippen LogP contribution in [0.4, 0.5) is 0 Å². The maximum atomic E-state index is 8.78. The fourth-order valence-corrected chi connectivity index (χ4v) is 1.87. The van der Waals surface area contributed by atoms with Crippen LogP contribution in [0.15, 0.2) is 18.2 Å². The first-order chi connectivity index (χ1) is 7.63. The van der Waals surface area contributed by atoms with E-state index in [0.717, 1.165) is 30.1 Å². The van der Waals surface area contributed by atoms with Gasteiger partial charge < -0.3 is 10.4 Å². The molecule has 0 heterocycles. The maximum Gasteiger partial charge on any atom is 0.0453 e. The second-order valence-electron chi connectivity index (χ2n) is 4.34. The van der Waals surface area contributed by atoms with Crippen molar-refractivity contribution in [2.45, 2.75) is 26.8 Å². The van der Waals surface area contributed by atoms with Crippen LogP contribution in [0.25, 0.3) is 0 Å². The molecule has 0 spiro atoms. The summed E-state index contributed by atoms with van der Waals surface area (Å²) in [5, 5.41) is 13.0. The van der Waals surface area contributed by atoms with E-state index in [2.05, 4.69) is 24.4 Å². The molecule has 1 aromatic rings. The van der Waals surface area contributed by atoms with Gasteiger partial charge in [0.05, 0.1) is 0 Å². The zero-order valence-electron chi connectivity index (χ0n) is 9.96. The van der Waals surface area contributed by atoms with Crippen molar-refractivity contribution in [2.75, 3.05) is 13.2 Å². The van der Waals surface area contributed by atoms with Gasteiger partial charge in [0.25, 0.3) is 0 Å². The van der Waals surface area contributed by atoms with Gasteiger partial charge in [-0.25, -0.2) is 0 Å². The van der Waals surface area contributed by atoms with Crippen LogP contribution in [-0.2, 0) is 6.54 Å². The molecule has 2 N–H and O–H groups in total. The summed E-state index contributed by atoms with van der Waals surface area (Å²) in [4.78, 5) is 0. The van der Waals surface area contributed by atoms with Crippen LogP contribution in [-0.4, -0.2) is 18.3 Å². The third-order valence-corrected chi connectivity index (χ3v) is 2.99. The van der Waals surface area contributed by atoms with Crippen molar-refractivity contribution in [1.29, 1.82) is 0 Å². The molecule has 16 heavy (non-hydrogen) atoms. The molecule has 0 aliphatic rings. The van der Waals surface area contributed by atoms with Crippen LogP contribution in [0.3, 0.4) is 0 Å².